The van der Waals surface area contributed by atoms with E-state index in [-0.39, 0.29) is 11.7 Å². The highest BCUT2D eigenvalue weighted by Crippen LogP contribution is 2.33. The number of aryl methyl sites for hydroxylation is 1. The first-order valence-corrected chi connectivity index (χ1v) is 9.63. The Bertz CT molecular complexity index is 819. The summed E-state index contributed by atoms with van der Waals surface area (Å²) in [6.45, 7) is 4.22. The number of rotatable bonds is 5. The lowest BCUT2D eigenvalue weighted by Gasteiger charge is -2.26. The molecule has 0 saturated heterocycles. The SMILES string of the molecule is CCc1cc2cc(C(=O)C3CCC(CC)CC3)ccc2nc1C(=O)OC. The number of Topliss-reactive ketones (excluding diaryl/α,β-unsaturated/α-hetero) is 1. The molecule has 0 bridgehead atoms. The van der Waals surface area contributed by atoms with E-state index in [4.69, 9.17) is 4.74 Å². The van der Waals surface area contributed by atoms with Crippen molar-refractivity contribution in [2.75, 3.05) is 7.11 Å². The summed E-state index contributed by atoms with van der Waals surface area (Å²) < 4.78 is 4.83. The van der Waals surface area contributed by atoms with Gasteiger partial charge >= 0.3 is 5.97 Å². The van der Waals surface area contributed by atoms with Crippen LogP contribution in [0.1, 0.15) is 72.4 Å². The number of hydrogen-bond donors (Lipinski definition) is 0. The van der Waals surface area contributed by atoms with Gasteiger partial charge in [0, 0.05) is 16.9 Å². The van der Waals surface area contributed by atoms with Gasteiger partial charge in [0.05, 0.1) is 12.6 Å². The fraction of sp³-hybridized carbons (Fsp3) is 0.500. The van der Waals surface area contributed by atoms with Gasteiger partial charge < -0.3 is 4.74 Å². The molecule has 4 nitrogen and oxygen atoms in total. The fourth-order valence-electron chi connectivity index (χ4n) is 3.99. The predicted molar refractivity (Wildman–Crippen MR) is 103 cm³/mol. The number of esters is 1. The van der Waals surface area contributed by atoms with Crippen molar-refractivity contribution in [1.82, 2.24) is 4.98 Å². The molecule has 0 spiro atoms. The van der Waals surface area contributed by atoms with Crippen molar-refractivity contribution in [3.63, 3.8) is 0 Å². The van der Waals surface area contributed by atoms with Crippen LogP contribution in [0, 0.1) is 11.8 Å². The first-order chi connectivity index (χ1) is 12.6. The van der Waals surface area contributed by atoms with Gasteiger partial charge in [-0.1, -0.05) is 20.3 Å². The fourth-order valence-corrected chi connectivity index (χ4v) is 3.99. The average Bonchev–Trinajstić information content (AvgIpc) is 2.71. The maximum absolute atomic E-state index is 12.9. The van der Waals surface area contributed by atoms with Crippen LogP contribution in [0.4, 0.5) is 0 Å². The monoisotopic (exact) mass is 353 g/mol. The highest BCUT2D eigenvalue weighted by Gasteiger charge is 2.26. The van der Waals surface area contributed by atoms with Crippen LogP contribution in [0.15, 0.2) is 24.3 Å². The number of carbonyl (C=O) groups excluding carboxylic acids is 2. The molecule has 0 N–H and O–H groups in total. The van der Waals surface area contributed by atoms with Gasteiger partial charge in [-0.2, -0.15) is 0 Å². The Hall–Kier alpha value is -2.23. The van der Waals surface area contributed by atoms with Gasteiger partial charge in [-0.3, -0.25) is 4.79 Å². The van der Waals surface area contributed by atoms with Crippen LogP contribution in [0.25, 0.3) is 10.9 Å². The van der Waals surface area contributed by atoms with E-state index in [9.17, 15) is 9.59 Å². The number of ether oxygens (including phenoxy) is 1. The third kappa shape index (κ3) is 3.64. The number of ketones is 1. The van der Waals surface area contributed by atoms with Crippen LogP contribution >= 0.6 is 0 Å². The van der Waals surface area contributed by atoms with Crippen molar-refractivity contribution < 1.29 is 14.3 Å². The van der Waals surface area contributed by atoms with Crippen LogP contribution < -0.4 is 0 Å². The van der Waals surface area contributed by atoms with Gasteiger partial charge in [0.2, 0.25) is 0 Å². The second kappa shape index (κ2) is 7.98. The molecule has 1 saturated carbocycles. The summed E-state index contributed by atoms with van der Waals surface area (Å²) >= 11 is 0. The van der Waals surface area contributed by atoms with E-state index in [1.54, 1.807) is 0 Å². The number of carbonyl (C=O) groups is 2. The summed E-state index contributed by atoms with van der Waals surface area (Å²) in [5, 5.41) is 0.905. The van der Waals surface area contributed by atoms with Gasteiger partial charge in [-0.15, -0.1) is 0 Å². The molecule has 1 aliphatic carbocycles. The van der Waals surface area contributed by atoms with Crippen molar-refractivity contribution in [1.29, 1.82) is 0 Å². The molecule has 0 unspecified atom stereocenters. The van der Waals surface area contributed by atoms with E-state index in [1.165, 1.54) is 13.5 Å². The van der Waals surface area contributed by atoms with E-state index in [1.807, 2.05) is 31.2 Å². The minimum Gasteiger partial charge on any atom is -0.464 e. The molecule has 1 aliphatic rings. The Morgan fingerprint density at radius 1 is 1.12 bits per heavy atom. The summed E-state index contributed by atoms with van der Waals surface area (Å²) in [5.74, 6) is 0.750. The Labute approximate surface area is 155 Å². The van der Waals surface area contributed by atoms with Crippen LogP contribution in [-0.2, 0) is 11.2 Å². The van der Waals surface area contributed by atoms with Crippen molar-refractivity contribution >= 4 is 22.7 Å². The molecule has 4 heteroatoms. The standard InChI is InChI=1S/C22H27NO3/c1-4-14-6-8-16(9-7-14)21(24)17-10-11-19-18(13-17)12-15(5-2)20(23-19)22(25)26-3/h10-14,16H,4-9H2,1-3H3. The molecular formula is C22H27NO3. The zero-order valence-corrected chi connectivity index (χ0v) is 15.9. The van der Waals surface area contributed by atoms with Gasteiger partial charge in [0.15, 0.2) is 11.5 Å². The summed E-state index contributed by atoms with van der Waals surface area (Å²) in [5.41, 5.74) is 2.68. The molecule has 26 heavy (non-hydrogen) atoms. The second-order valence-electron chi connectivity index (χ2n) is 7.24. The summed E-state index contributed by atoms with van der Waals surface area (Å²) in [6.07, 6.45) is 6.21. The van der Waals surface area contributed by atoms with Crippen LogP contribution in [-0.4, -0.2) is 23.8 Å². The molecule has 0 radical (unpaired) electrons. The number of pyridine rings is 1. The zero-order valence-electron chi connectivity index (χ0n) is 15.9. The molecule has 1 aromatic carbocycles. The Morgan fingerprint density at radius 2 is 1.85 bits per heavy atom. The second-order valence-corrected chi connectivity index (χ2v) is 7.24. The molecule has 3 rings (SSSR count). The lowest BCUT2D eigenvalue weighted by molar-refractivity contribution is 0.0593. The lowest BCUT2D eigenvalue weighted by atomic mass is 9.77. The molecule has 0 atom stereocenters. The van der Waals surface area contributed by atoms with Crippen molar-refractivity contribution in [2.45, 2.75) is 52.4 Å². The molecule has 2 aromatic rings. The third-order valence-corrected chi connectivity index (χ3v) is 5.73. The van der Waals surface area contributed by atoms with Gasteiger partial charge in [0.25, 0.3) is 0 Å². The summed E-state index contributed by atoms with van der Waals surface area (Å²) in [6, 6.07) is 7.57. The highest BCUT2D eigenvalue weighted by atomic mass is 16.5. The first-order valence-electron chi connectivity index (χ1n) is 9.63. The Kier molecular flexibility index (Phi) is 5.70. The predicted octanol–water partition coefficient (Wildman–Crippen LogP) is 4.98. The molecule has 1 fully saturated rings. The summed E-state index contributed by atoms with van der Waals surface area (Å²) in [7, 11) is 1.36. The van der Waals surface area contributed by atoms with Gasteiger partial charge in [-0.05, 0) is 67.9 Å². The number of aromatic nitrogens is 1. The van der Waals surface area contributed by atoms with Gasteiger partial charge in [0.1, 0.15) is 0 Å². The van der Waals surface area contributed by atoms with Crippen LogP contribution in [0.5, 0.6) is 0 Å². The minimum atomic E-state index is -0.420. The van der Waals surface area contributed by atoms with E-state index in [0.717, 1.165) is 48.1 Å². The molecule has 0 amide bonds. The number of benzene rings is 1. The van der Waals surface area contributed by atoms with Crippen molar-refractivity contribution in [3.8, 4) is 0 Å². The highest BCUT2D eigenvalue weighted by molar-refractivity contribution is 6.01. The number of nitrogens with zero attached hydrogens (tertiary/aromatic N) is 1. The number of fused-ring (bicyclic) bond motifs is 1. The topological polar surface area (TPSA) is 56.3 Å². The zero-order chi connectivity index (χ0) is 18.7. The Morgan fingerprint density at radius 3 is 2.46 bits per heavy atom. The Balaban J connectivity index is 1.89. The van der Waals surface area contributed by atoms with E-state index >= 15 is 0 Å². The number of hydrogen-bond acceptors (Lipinski definition) is 4. The minimum absolute atomic E-state index is 0.142. The van der Waals surface area contributed by atoms with Crippen LogP contribution in [0.3, 0.4) is 0 Å². The van der Waals surface area contributed by atoms with Crippen LogP contribution in [0.2, 0.25) is 0 Å². The molecule has 138 valence electrons. The smallest absolute Gasteiger partial charge is 0.356 e. The third-order valence-electron chi connectivity index (χ3n) is 5.73. The molecule has 0 aliphatic heterocycles. The van der Waals surface area contributed by atoms with Gasteiger partial charge in [-0.25, -0.2) is 9.78 Å². The first kappa shape index (κ1) is 18.6. The average molecular weight is 353 g/mol. The van der Waals surface area contributed by atoms with E-state index in [2.05, 4.69) is 11.9 Å². The van der Waals surface area contributed by atoms with E-state index in [0.29, 0.717) is 17.6 Å². The largest absolute Gasteiger partial charge is 0.464 e. The van der Waals surface area contributed by atoms with Crippen molar-refractivity contribution in [2.24, 2.45) is 11.8 Å². The molecular weight excluding hydrogens is 326 g/mol. The lowest BCUT2D eigenvalue weighted by Crippen LogP contribution is -2.21. The normalized spacial score (nSPS) is 20.1. The maximum atomic E-state index is 12.9. The van der Waals surface area contributed by atoms with Crippen molar-refractivity contribution in [3.05, 3.63) is 41.1 Å². The summed E-state index contributed by atoms with van der Waals surface area (Å²) in [4.78, 5) is 29.3. The quantitative estimate of drug-likeness (QED) is 0.562. The molecule has 1 aromatic heterocycles. The number of methoxy groups -OCH3 is 1. The maximum Gasteiger partial charge on any atom is 0.356 e. The van der Waals surface area contributed by atoms with E-state index < -0.39 is 5.97 Å². The molecule has 1 heterocycles.